The van der Waals surface area contributed by atoms with E-state index in [2.05, 4.69) is 15.3 Å². The molecule has 2 aromatic heterocycles. The van der Waals surface area contributed by atoms with E-state index < -0.39 is 47.5 Å². The fourth-order valence-electron chi connectivity index (χ4n) is 3.88. The number of aromatic nitrogens is 2. The number of rotatable bonds is 7. The number of benzene rings is 1. The largest absolute Gasteiger partial charge is 0.530 e. The van der Waals surface area contributed by atoms with Crippen molar-refractivity contribution in [3.63, 3.8) is 0 Å². The number of alkyl halides is 3. The number of ether oxygens (including phenoxy) is 1. The van der Waals surface area contributed by atoms with Gasteiger partial charge in [-0.2, -0.15) is 13.2 Å². The molecule has 0 spiro atoms. The third kappa shape index (κ3) is 5.70. The number of amides is 1. The number of halogens is 5. The maximum absolute atomic E-state index is 14.5. The molecule has 11 heteroatoms. The molecule has 0 aliphatic rings. The Morgan fingerprint density at radius 2 is 1.88 bits per heavy atom. The minimum Gasteiger partial charge on any atom is -0.530 e. The quantitative estimate of drug-likeness (QED) is 0.493. The molecule has 0 saturated heterocycles. The fourth-order valence-corrected chi connectivity index (χ4v) is 3.88. The summed E-state index contributed by atoms with van der Waals surface area (Å²) in [5.74, 6) is -2.62. The van der Waals surface area contributed by atoms with E-state index in [4.69, 9.17) is 4.74 Å². The summed E-state index contributed by atoms with van der Waals surface area (Å²) in [4.78, 5) is 18.7. The van der Waals surface area contributed by atoms with Crippen LogP contribution in [0.15, 0.2) is 36.7 Å². The summed E-state index contributed by atoms with van der Waals surface area (Å²) >= 11 is 0. The Labute approximate surface area is 191 Å². The SMILES string of the molecule is CC(C)CC(C)(COc1ncc(-c2ccnc3cc(F)cc(F)c23)cc1C(F)(F)F)NC(=O)[O-]. The first kappa shape index (κ1) is 25.1. The molecule has 3 rings (SSSR count). The van der Waals surface area contributed by atoms with E-state index in [0.717, 1.165) is 18.3 Å². The molecule has 1 N–H and O–H groups in total. The molecule has 0 saturated carbocycles. The molecular formula is C23H21F5N3O3-. The molecule has 0 fully saturated rings. The van der Waals surface area contributed by atoms with E-state index in [1.54, 1.807) is 0 Å². The van der Waals surface area contributed by atoms with Gasteiger partial charge in [-0.15, -0.1) is 0 Å². The predicted octanol–water partition coefficient (Wildman–Crippen LogP) is 4.71. The van der Waals surface area contributed by atoms with Gasteiger partial charge in [-0.05, 0) is 37.0 Å². The highest BCUT2D eigenvalue weighted by atomic mass is 19.4. The first-order valence-corrected chi connectivity index (χ1v) is 10.2. The number of hydrogen-bond donors (Lipinski definition) is 1. The number of hydrogen-bond acceptors (Lipinski definition) is 5. The van der Waals surface area contributed by atoms with Crippen LogP contribution < -0.4 is 15.2 Å². The molecule has 0 bridgehead atoms. The summed E-state index contributed by atoms with van der Waals surface area (Å²) in [6.45, 7) is 4.66. The van der Waals surface area contributed by atoms with Gasteiger partial charge in [-0.1, -0.05) is 13.8 Å². The second-order valence-corrected chi connectivity index (χ2v) is 8.57. The van der Waals surface area contributed by atoms with Crippen LogP contribution in [0.5, 0.6) is 5.88 Å². The minimum absolute atomic E-state index is 0.00224. The van der Waals surface area contributed by atoms with Crippen LogP contribution >= 0.6 is 0 Å². The van der Waals surface area contributed by atoms with Crippen molar-refractivity contribution >= 4 is 17.0 Å². The van der Waals surface area contributed by atoms with E-state index in [-0.39, 0.29) is 34.4 Å². The lowest BCUT2D eigenvalue weighted by atomic mass is 9.91. The van der Waals surface area contributed by atoms with E-state index >= 15 is 0 Å². The number of carbonyl (C=O) groups is 1. The Hall–Kier alpha value is -3.50. The highest BCUT2D eigenvalue weighted by molar-refractivity contribution is 5.94. The van der Waals surface area contributed by atoms with Crippen molar-refractivity contribution in [1.29, 1.82) is 0 Å². The molecule has 1 unspecified atom stereocenters. The summed E-state index contributed by atoms with van der Waals surface area (Å²) in [5.41, 5.74) is -2.59. The van der Waals surface area contributed by atoms with Gasteiger partial charge in [0.2, 0.25) is 5.88 Å². The number of nitrogens with zero attached hydrogens (tertiary/aromatic N) is 2. The van der Waals surface area contributed by atoms with Gasteiger partial charge < -0.3 is 20.0 Å². The van der Waals surface area contributed by atoms with Crippen molar-refractivity contribution in [1.82, 2.24) is 15.3 Å². The maximum atomic E-state index is 14.5. The van der Waals surface area contributed by atoms with Gasteiger partial charge >= 0.3 is 6.18 Å². The van der Waals surface area contributed by atoms with Gasteiger partial charge in [-0.25, -0.2) is 13.8 Å². The third-order valence-corrected chi connectivity index (χ3v) is 5.02. The molecule has 0 aliphatic carbocycles. The Kier molecular flexibility index (Phi) is 6.94. The molecule has 1 amide bonds. The zero-order valence-corrected chi connectivity index (χ0v) is 18.5. The van der Waals surface area contributed by atoms with Crippen molar-refractivity contribution in [2.45, 2.75) is 38.9 Å². The van der Waals surface area contributed by atoms with E-state index in [0.29, 0.717) is 6.07 Å². The molecule has 0 radical (unpaired) electrons. The van der Waals surface area contributed by atoms with Crippen molar-refractivity contribution < 1.29 is 36.6 Å². The zero-order valence-electron chi connectivity index (χ0n) is 18.5. The molecule has 34 heavy (non-hydrogen) atoms. The standard InChI is InChI=1S/C23H22F5N3O3/c1-12(2)9-22(3,31-21(32)33)11-34-20-16(23(26,27)28)6-13(10-30-20)15-4-5-29-18-8-14(24)7-17(25)19(15)18/h4-8,10,12,31H,9,11H2,1-3H3,(H,32,33)/p-1. The Balaban J connectivity index is 2.04. The number of pyridine rings is 2. The minimum atomic E-state index is -4.89. The fraction of sp³-hybridized carbons (Fsp3) is 0.348. The van der Waals surface area contributed by atoms with Crippen LogP contribution in [0.3, 0.4) is 0 Å². The van der Waals surface area contributed by atoms with Crippen LogP contribution in [-0.4, -0.2) is 28.2 Å². The number of fused-ring (bicyclic) bond motifs is 1. The molecule has 2 heterocycles. The van der Waals surface area contributed by atoms with Crippen LogP contribution in [0.1, 0.15) is 32.8 Å². The summed E-state index contributed by atoms with van der Waals surface area (Å²) < 4.78 is 74.9. The first-order valence-electron chi connectivity index (χ1n) is 10.2. The molecule has 1 aromatic carbocycles. The highest BCUT2D eigenvalue weighted by Crippen LogP contribution is 2.39. The predicted molar refractivity (Wildman–Crippen MR) is 112 cm³/mol. The molecule has 0 aliphatic heterocycles. The Morgan fingerprint density at radius 3 is 2.50 bits per heavy atom. The Morgan fingerprint density at radius 1 is 1.18 bits per heavy atom. The highest BCUT2D eigenvalue weighted by Gasteiger charge is 2.37. The van der Waals surface area contributed by atoms with Crippen LogP contribution in [0, 0.1) is 17.6 Å². The van der Waals surface area contributed by atoms with Gasteiger partial charge in [-0.3, -0.25) is 4.98 Å². The molecular weight excluding hydrogens is 461 g/mol. The monoisotopic (exact) mass is 482 g/mol. The lowest BCUT2D eigenvalue weighted by Gasteiger charge is -2.33. The Bertz CT molecular complexity index is 1220. The van der Waals surface area contributed by atoms with E-state index in [1.807, 2.05) is 13.8 Å². The summed E-state index contributed by atoms with van der Waals surface area (Å²) in [5, 5.41) is 13.1. The summed E-state index contributed by atoms with van der Waals surface area (Å²) in [6.07, 6.45) is -3.93. The normalized spacial score (nSPS) is 13.7. The van der Waals surface area contributed by atoms with Gasteiger partial charge in [0.1, 0.15) is 29.9 Å². The second kappa shape index (κ2) is 9.40. The van der Waals surface area contributed by atoms with Crippen molar-refractivity contribution in [3.8, 4) is 17.0 Å². The van der Waals surface area contributed by atoms with Gasteiger partial charge in [0.15, 0.2) is 0 Å². The van der Waals surface area contributed by atoms with E-state index in [1.165, 1.54) is 19.2 Å². The number of carbonyl (C=O) groups excluding carboxylic acids is 1. The van der Waals surface area contributed by atoms with Crippen LogP contribution in [0.25, 0.3) is 22.0 Å². The average Bonchev–Trinajstić information content (AvgIpc) is 2.69. The molecule has 182 valence electrons. The number of carboxylic acid groups (broad SMARTS) is 1. The van der Waals surface area contributed by atoms with Crippen LogP contribution in [0.4, 0.5) is 26.7 Å². The van der Waals surface area contributed by atoms with Crippen molar-refractivity contribution in [2.75, 3.05) is 6.61 Å². The van der Waals surface area contributed by atoms with Gasteiger partial charge in [0.25, 0.3) is 0 Å². The topological polar surface area (TPSA) is 87.2 Å². The summed E-state index contributed by atoms with van der Waals surface area (Å²) in [6, 6.07) is 3.62. The van der Waals surface area contributed by atoms with Crippen molar-refractivity contribution in [2.24, 2.45) is 5.92 Å². The lowest BCUT2D eigenvalue weighted by Crippen LogP contribution is -2.55. The van der Waals surface area contributed by atoms with Crippen molar-refractivity contribution in [3.05, 3.63) is 53.9 Å². The first-order chi connectivity index (χ1) is 15.8. The molecule has 6 nitrogen and oxygen atoms in total. The summed E-state index contributed by atoms with van der Waals surface area (Å²) in [7, 11) is 0. The smallest absolute Gasteiger partial charge is 0.421 e. The lowest BCUT2D eigenvalue weighted by molar-refractivity contribution is -0.253. The molecule has 3 aromatic rings. The molecule has 1 atom stereocenters. The van der Waals surface area contributed by atoms with Crippen LogP contribution in [-0.2, 0) is 6.18 Å². The average molecular weight is 482 g/mol. The number of nitrogens with one attached hydrogen (secondary N) is 1. The van der Waals surface area contributed by atoms with E-state index in [9.17, 15) is 31.9 Å². The van der Waals surface area contributed by atoms with Gasteiger partial charge in [0.05, 0.1) is 11.1 Å². The second-order valence-electron chi connectivity index (χ2n) is 8.57. The van der Waals surface area contributed by atoms with Crippen LogP contribution in [0.2, 0.25) is 0 Å². The zero-order chi connectivity index (χ0) is 25.3. The maximum Gasteiger partial charge on any atom is 0.421 e. The third-order valence-electron chi connectivity index (χ3n) is 5.02. The van der Waals surface area contributed by atoms with Gasteiger partial charge in [0, 0.05) is 35.5 Å².